The van der Waals surface area contributed by atoms with Gasteiger partial charge in [-0.05, 0) is 12.3 Å². The van der Waals surface area contributed by atoms with Crippen molar-refractivity contribution < 1.29 is 14.6 Å². The first-order valence-corrected chi connectivity index (χ1v) is 7.48. The molecule has 3 nitrogen and oxygen atoms in total. The number of ether oxygens (including phenoxy) is 1. The average molecular weight is 258 g/mol. The molecule has 0 aliphatic carbocycles. The molecule has 0 aromatic carbocycles. The maximum absolute atomic E-state index is 10.1. The summed E-state index contributed by atoms with van der Waals surface area (Å²) in [7, 11) is 0. The zero-order valence-corrected chi connectivity index (χ0v) is 12.1. The van der Waals surface area contributed by atoms with Crippen LogP contribution in [0.2, 0.25) is 0 Å². The number of unbranched alkanes of at least 4 members (excludes halogenated alkanes) is 8. The SMILES string of the molecule is CC(C)CCCCCCCCCCCOC(=O)O. The fourth-order valence-corrected chi connectivity index (χ4v) is 2.05. The van der Waals surface area contributed by atoms with Crippen LogP contribution >= 0.6 is 0 Å². The van der Waals surface area contributed by atoms with Crippen LogP contribution in [0, 0.1) is 5.92 Å². The summed E-state index contributed by atoms with van der Waals surface area (Å²) >= 11 is 0. The minimum atomic E-state index is -1.16. The lowest BCUT2D eigenvalue weighted by Gasteiger charge is -2.04. The maximum Gasteiger partial charge on any atom is 0.505 e. The third kappa shape index (κ3) is 15.3. The first-order chi connectivity index (χ1) is 8.63. The molecule has 108 valence electrons. The average Bonchev–Trinajstić information content (AvgIpc) is 2.29. The van der Waals surface area contributed by atoms with Crippen molar-refractivity contribution >= 4 is 6.16 Å². The van der Waals surface area contributed by atoms with E-state index in [2.05, 4.69) is 18.6 Å². The van der Waals surface area contributed by atoms with Crippen LogP contribution in [-0.4, -0.2) is 17.9 Å². The lowest BCUT2D eigenvalue weighted by atomic mass is 10.0. The van der Waals surface area contributed by atoms with Crippen molar-refractivity contribution in [2.75, 3.05) is 6.61 Å². The summed E-state index contributed by atoms with van der Waals surface area (Å²) in [5.41, 5.74) is 0. The Morgan fingerprint density at radius 3 is 1.78 bits per heavy atom. The Labute approximate surface area is 112 Å². The molecule has 1 N–H and O–H groups in total. The molecule has 3 heteroatoms. The number of carboxylic acid groups (broad SMARTS) is 1. The van der Waals surface area contributed by atoms with Gasteiger partial charge in [-0.25, -0.2) is 4.79 Å². The van der Waals surface area contributed by atoms with Crippen LogP contribution < -0.4 is 0 Å². The number of rotatable bonds is 12. The normalized spacial score (nSPS) is 10.8. The van der Waals surface area contributed by atoms with Crippen molar-refractivity contribution in [1.82, 2.24) is 0 Å². The molecular weight excluding hydrogens is 228 g/mol. The number of hydrogen-bond acceptors (Lipinski definition) is 2. The lowest BCUT2D eigenvalue weighted by molar-refractivity contribution is 0.0899. The lowest BCUT2D eigenvalue weighted by Crippen LogP contribution is -2.01. The molecule has 0 amide bonds. The van der Waals surface area contributed by atoms with E-state index >= 15 is 0 Å². The molecule has 18 heavy (non-hydrogen) atoms. The smallest absolute Gasteiger partial charge is 0.450 e. The zero-order valence-electron chi connectivity index (χ0n) is 12.1. The first-order valence-electron chi connectivity index (χ1n) is 7.48. The third-order valence-electron chi connectivity index (χ3n) is 3.15. The van der Waals surface area contributed by atoms with Gasteiger partial charge in [0.05, 0.1) is 6.61 Å². The molecule has 0 rings (SSSR count). The predicted octanol–water partition coefficient (Wildman–Crippen LogP) is 5.24. The van der Waals surface area contributed by atoms with Gasteiger partial charge in [0.2, 0.25) is 0 Å². The molecular formula is C15H30O3. The van der Waals surface area contributed by atoms with Gasteiger partial charge in [-0.15, -0.1) is 0 Å². The van der Waals surface area contributed by atoms with Gasteiger partial charge in [0.1, 0.15) is 0 Å². The minimum Gasteiger partial charge on any atom is -0.450 e. The molecule has 0 heterocycles. The van der Waals surface area contributed by atoms with Crippen LogP contribution in [0.15, 0.2) is 0 Å². The van der Waals surface area contributed by atoms with Gasteiger partial charge in [0.15, 0.2) is 0 Å². The summed E-state index contributed by atoms with van der Waals surface area (Å²) in [5.74, 6) is 0.845. The van der Waals surface area contributed by atoms with Crippen LogP contribution in [0.4, 0.5) is 4.79 Å². The fraction of sp³-hybridized carbons (Fsp3) is 0.933. The zero-order chi connectivity index (χ0) is 13.6. The van der Waals surface area contributed by atoms with Crippen LogP contribution in [0.5, 0.6) is 0 Å². The summed E-state index contributed by atoms with van der Waals surface area (Å²) in [6.07, 6.45) is 11.4. The molecule has 0 aromatic rings. The van der Waals surface area contributed by atoms with Crippen LogP contribution in [0.1, 0.15) is 78.1 Å². The predicted molar refractivity (Wildman–Crippen MR) is 75.0 cm³/mol. The van der Waals surface area contributed by atoms with Crippen LogP contribution in [-0.2, 0) is 4.74 Å². The van der Waals surface area contributed by atoms with E-state index in [9.17, 15) is 4.79 Å². The van der Waals surface area contributed by atoms with Crippen LogP contribution in [0.3, 0.4) is 0 Å². The van der Waals surface area contributed by atoms with E-state index in [0.29, 0.717) is 6.61 Å². The van der Waals surface area contributed by atoms with Gasteiger partial charge in [0.25, 0.3) is 0 Å². The highest BCUT2D eigenvalue weighted by Gasteiger charge is 1.97. The van der Waals surface area contributed by atoms with E-state index in [1.54, 1.807) is 0 Å². The van der Waals surface area contributed by atoms with Crippen molar-refractivity contribution in [3.05, 3.63) is 0 Å². The number of hydrogen-bond donors (Lipinski definition) is 1. The van der Waals surface area contributed by atoms with Crippen molar-refractivity contribution in [3.63, 3.8) is 0 Å². The van der Waals surface area contributed by atoms with Gasteiger partial charge < -0.3 is 9.84 Å². The Morgan fingerprint density at radius 2 is 1.33 bits per heavy atom. The minimum absolute atomic E-state index is 0.352. The second-order valence-corrected chi connectivity index (χ2v) is 5.48. The van der Waals surface area contributed by atoms with Gasteiger partial charge in [-0.1, -0.05) is 71.6 Å². The molecule has 0 aliphatic heterocycles. The van der Waals surface area contributed by atoms with Gasteiger partial charge in [-0.3, -0.25) is 0 Å². The van der Waals surface area contributed by atoms with E-state index in [4.69, 9.17) is 5.11 Å². The molecule has 0 aromatic heterocycles. The van der Waals surface area contributed by atoms with Gasteiger partial charge >= 0.3 is 6.16 Å². The largest absolute Gasteiger partial charge is 0.505 e. The monoisotopic (exact) mass is 258 g/mol. The summed E-state index contributed by atoms with van der Waals surface area (Å²) in [5, 5.41) is 8.27. The van der Waals surface area contributed by atoms with Crippen molar-refractivity contribution in [2.24, 2.45) is 5.92 Å². The highest BCUT2D eigenvalue weighted by atomic mass is 16.7. The molecule has 0 fully saturated rings. The summed E-state index contributed by atoms with van der Waals surface area (Å²) in [6, 6.07) is 0. The topological polar surface area (TPSA) is 46.5 Å². The maximum atomic E-state index is 10.1. The molecule has 0 radical (unpaired) electrons. The molecule has 0 saturated carbocycles. The Kier molecular flexibility index (Phi) is 12.2. The molecule has 0 saturated heterocycles. The van der Waals surface area contributed by atoms with Crippen molar-refractivity contribution in [1.29, 1.82) is 0 Å². The Bertz CT molecular complexity index is 190. The van der Waals surface area contributed by atoms with E-state index in [0.717, 1.165) is 18.8 Å². The summed E-state index contributed by atoms with van der Waals surface area (Å²) in [6.45, 7) is 4.92. The second-order valence-electron chi connectivity index (χ2n) is 5.48. The van der Waals surface area contributed by atoms with Crippen molar-refractivity contribution in [2.45, 2.75) is 78.1 Å². The molecule has 0 aliphatic rings. The Balaban J connectivity index is 2.97. The van der Waals surface area contributed by atoms with Gasteiger partial charge in [0, 0.05) is 0 Å². The molecule has 0 atom stereocenters. The first kappa shape index (κ1) is 17.3. The highest BCUT2D eigenvalue weighted by molar-refractivity contribution is 5.56. The second kappa shape index (κ2) is 12.7. The van der Waals surface area contributed by atoms with E-state index in [1.165, 1.54) is 51.4 Å². The van der Waals surface area contributed by atoms with Gasteiger partial charge in [-0.2, -0.15) is 0 Å². The van der Waals surface area contributed by atoms with Crippen LogP contribution in [0.25, 0.3) is 0 Å². The Hall–Kier alpha value is -0.730. The summed E-state index contributed by atoms with van der Waals surface area (Å²) < 4.78 is 4.45. The summed E-state index contributed by atoms with van der Waals surface area (Å²) in [4.78, 5) is 10.1. The van der Waals surface area contributed by atoms with E-state index < -0.39 is 6.16 Å². The van der Waals surface area contributed by atoms with E-state index in [-0.39, 0.29) is 0 Å². The molecule has 0 unspecified atom stereocenters. The third-order valence-corrected chi connectivity index (χ3v) is 3.15. The number of carbonyl (C=O) groups is 1. The quantitative estimate of drug-likeness (QED) is 0.385. The molecule has 0 spiro atoms. The van der Waals surface area contributed by atoms with Crippen molar-refractivity contribution in [3.8, 4) is 0 Å². The Morgan fingerprint density at radius 1 is 0.889 bits per heavy atom. The fourth-order valence-electron chi connectivity index (χ4n) is 2.05. The van der Waals surface area contributed by atoms with E-state index in [1.807, 2.05) is 0 Å². The standard InChI is InChI=1S/C15H30O3/c1-14(2)12-10-8-6-4-3-5-7-9-11-13-18-15(16)17/h14H,3-13H2,1-2H3,(H,16,17). The molecule has 0 bridgehead atoms. The highest BCUT2D eigenvalue weighted by Crippen LogP contribution is 2.12.